The zero-order chi connectivity index (χ0) is 12.3. The molecule has 1 N–H and O–H groups in total. The Morgan fingerprint density at radius 1 is 1.24 bits per heavy atom. The van der Waals surface area contributed by atoms with Gasteiger partial charge in [-0.25, -0.2) is 0 Å². The third-order valence-electron chi connectivity index (χ3n) is 4.07. The van der Waals surface area contributed by atoms with Crippen molar-refractivity contribution in [2.24, 2.45) is 5.41 Å². The van der Waals surface area contributed by atoms with E-state index in [9.17, 15) is 0 Å². The van der Waals surface area contributed by atoms with Gasteiger partial charge in [-0.1, -0.05) is 26.7 Å². The summed E-state index contributed by atoms with van der Waals surface area (Å²) in [7, 11) is 0. The van der Waals surface area contributed by atoms with Crippen molar-refractivity contribution in [3.8, 4) is 0 Å². The van der Waals surface area contributed by atoms with Crippen LogP contribution in [0.15, 0.2) is 0 Å². The quantitative estimate of drug-likeness (QED) is 0.840. The first-order chi connectivity index (χ1) is 8.11. The second-order valence-corrected chi connectivity index (χ2v) is 8.52. The highest BCUT2D eigenvalue weighted by Gasteiger charge is 2.32. The van der Waals surface area contributed by atoms with Crippen molar-refractivity contribution < 1.29 is 0 Å². The third-order valence-corrected chi connectivity index (χ3v) is 6.86. The molecule has 0 aromatic carbocycles. The van der Waals surface area contributed by atoms with Crippen LogP contribution >= 0.6 is 23.5 Å². The van der Waals surface area contributed by atoms with Crippen LogP contribution in [0.2, 0.25) is 0 Å². The molecule has 1 aliphatic heterocycles. The predicted octanol–water partition coefficient (Wildman–Crippen LogP) is 3.78. The van der Waals surface area contributed by atoms with Gasteiger partial charge in [0, 0.05) is 23.1 Å². The summed E-state index contributed by atoms with van der Waals surface area (Å²) in [6.07, 6.45) is 9.32. The van der Waals surface area contributed by atoms with Gasteiger partial charge in [-0.2, -0.15) is 23.5 Å². The zero-order valence-electron chi connectivity index (χ0n) is 11.5. The monoisotopic (exact) mass is 273 g/mol. The number of thioether (sulfide) groups is 2. The summed E-state index contributed by atoms with van der Waals surface area (Å²) >= 11 is 4.21. The minimum atomic E-state index is 0.532. The fourth-order valence-electron chi connectivity index (χ4n) is 3.24. The van der Waals surface area contributed by atoms with Gasteiger partial charge in [0.1, 0.15) is 0 Å². The van der Waals surface area contributed by atoms with Crippen LogP contribution < -0.4 is 5.32 Å². The molecule has 1 saturated heterocycles. The second-order valence-electron chi connectivity index (χ2n) is 6.41. The van der Waals surface area contributed by atoms with Crippen molar-refractivity contribution in [3.05, 3.63) is 0 Å². The molecule has 2 rings (SSSR count). The largest absolute Gasteiger partial charge is 0.309 e. The molecule has 2 fully saturated rings. The fraction of sp³-hybridized carbons (Fsp3) is 1.00. The van der Waals surface area contributed by atoms with E-state index in [0.29, 0.717) is 5.41 Å². The molecule has 3 heteroatoms. The molecule has 0 spiro atoms. The van der Waals surface area contributed by atoms with E-state index < -0.39 is 0 Å². The van der Waals surface area contributed by atoms with Gasteiger partial charge in [0.15, 0.2) is 0 Å². The highest BCUT2D eigenvalue weighted by atomic mass is 32.2. The van der Waals surface area contributed by atoms with Crippen LogP contribution in [0.1, 0.15) is 46.0 Å². The molecular weight excluding hydrogens is 246 g/mol. The second kappa shape index (κ2) is 6.21. The Hall–Kier alpha value is 0.660. The molecule has 3 unspecified atom stereocenters. The highest BCUT2D eigenvalue weighted by Crippen LogP contribution is 2.35. The van der Waals surface area contributed by atoms with Gasteiger partial charge < -0.3 is 5.32 Å². The van der Waals surface area contributed by atoms with Crippen LogP contribution in [0.4, 0.5) is 0 Å². The molecular formula is C14H27NS2. The highest BCUT2D eigenvalue weighted by molar-refractivity contribution is 7.99. The summed E-state index contributed by atoms with van der Waals surface area (Å²) in [6.45, 7) is 4.83. The summed E-state index contributed by atoms with van der Waals surface area (Å²) in [6, 6.07) is 1.53. The molecule has 0 aromatic rings. The van der Waals surface area contributed by atoms with E-state index in [-0.39, 0.29) is 0 Å². The topological polar surface area (TPSA) is 12.0 Å². The Morgan fingerprint density at radius 3 is 2.71 bits per heavy atom. The molecule has 1 heterocycles. The van der Waals surface area contributed by atoms with E-state index in [0.717, 1.165) is 17.3 Å². The number of hydrogen-bond donors (Lipinski definition) is 1. The predicted molar refractivity (Wildman–Crippen MR) is 82.2 cm³/mol. The minimum Gasteiger partial charge on any atom is -0.309 e. The van der Waals surface area contributed by atoms with Crippen molar-refractivity contribution in [1.82, 2.24) is 5.32 Å². The summed E-state index contributed by atoms with van der Waals surface area (Å²) in [5.74, 6) is 2.66. The van der Waals surface area contributed by atoms with E-state index >= 15 is 0 Å². The lowest BCUT2D eigenvalue weighted by Gasteiger charge is -2.40. The van der Waals surface area contributed by atoms with Crippen molar-refractivity contribution in [3.63, 3.8) is 0 Å². The molecule has 100 valence electrons. The van der Waals surface area contributed by atoms with E-state index in [4.69, 9.17) is 0 Å². The van der Waals surface area contributed by atoms with E-state index in [2.05, 4.69) is 48.9 Å². The van der Waals surface area contributed by atoms with Crippen LogP contribution in [0, 0.1) is 5.41 Å². The molecule has 1 nitrogen and oxygen atoms in total. The smallest absolute Gasteiger partial charge is 0.0198 e. The number of hydrogen-bond acceptors (Lipinski definition) is 3. The van der Waals surface area contributed by atoms with E-state index in [1.54, 1.807) is 0 Å². The summed E-state index contributed by atoms with van der Waals surface area (Å²) in [5, 5.41) is 4.83. The van der Waals surface area contributed by atoms with Gasteiger partial charge in [-0.15, -0.1) is 0 Å². The molecule has 0 bridgehead atoms. The maximum absolute atomic E-state index is 3.97. The summed E-state index contributed by atoms with van der Waals surface area (Å²) in [5.41, 5.74) is 0.532. The standard InChI is InChI=1S/C14H27NS2/c1-14(2)8-11(9-17-10-14)15-12-6-4-5-7-13(12)16-3/h11-13,15H,4-10H2,1-3H3. The van der Waals surface area contributed by atoms with Crippen LogP contribution in [0.3, 0.4) is 0 Å². The lowest BCUT2D eigenvalue weighted by atomic mass is 9.86. The number of rotatable bonds is 3. The first-order valence-corrected chi connectivity index (χ1v) is 9.41. The van der Waals surface area contributed by atoms with Gasteiger partial charge in [0.05, 0.1) is 0 Å². The van der Waals surface area contributed by atoms with Gasteiger partial charge in [-0.3, -0.25) is 0 Å². The van der Waals surface area contributed by atoms with Gasteiger partial charge in [0.25, 0.3) is 0 Å². The Balaban J connectivity index is 1.86. The average molecular weight is 274 g/mol. The molecule has 17 heavy (non-hydrogen) atoms. The molecule has 0 aromatic heterocycles. The van der Waals surface area contributed by atoms with Crippen LogP contribution in [0.25, 0.3) is 0 Å². The normalized spacial score (nSPS) is 37.9. The van der Waals surface area contributed by atoms with Crippen LogP contribution in [-0.2, 0) is 0 Å². The Bertz CT molecular complexity index is 242. The summed E-state index contributed by atoms with van der Waals surface area (Å²) in [4.78, 5) is 0. The van der Waals surface area contributed by atoms with Gasteiger partial charge in [-0.05, 0) is 36.7 Å². The SMILES string of the molecule is CSC1CCCCC1NC1CSCC(C)(C)C1. The lowest BCUT2D eigenvalue weighted by molar-refractivity contribution is 0.278. The van der Waals surface area contributed by atoms with Crippen molar-refractivity contribution in [1.29, 1.82) is 0 Å². The van der Waals surface area contributed by atoms with Crippen molar-refractivity contribution in [2.45, 2.75) is 63.3 Å². The zero-order valence-corrected chi connectivity index (χ0v) is 13.1. The van der Waals surface area contributed by atoms with Crippen LogP contribution in [-0.4, -0.2) is 35.1 Å². The van der Waals surface area contributed by atoms with Gasteiger partial charge >= 0.3 is 0 Å². The molecule has 3 atom stereocenters. The molecule has 1 aliphatic carbocycles. The lowest BCUT2D eigenvalue weighted by Crippen LogP contribution is -2.49. The van der Waals surface area contributed by atoms with Crippen molar-refractivity contribution in [2.75, 3.05) is 17.8 Å². The molecule has 2 aliphatic rings. The first kappa shape index (κ1) is 14.1. The Kier molecular flexibility index (Phi) is 5.14. The fourth-order valence-corrected chi connectivity index (χ4v) is 5.47. The Labute approximate surface area is 115 Å². The average Bonchev–Trinajstić information content (AvgIpc) is 2.28. The van der Waals surface area contributed by atoms with E-state index in [1.165, 1.54) is 43.6 Å². The summed E-state index contributed by atoms with van der Waals surface area (Å²) < 4.78 is 0. The first-order valence-electron chi connectivity index (χ1n) is 6.97. The van der Waals surface area contributed by atoms with Crippen LogP contribution in [0.5, 0.6) is 0 Å². The Morgan fingerprint density at radius 2 is 2.00 bits per heavy atom. The maximum Gasteiger partial charge on any atom is 0.0198 e. The number of nitrogens with one attached hydrogen (secondary N) is 1. The maximum atomic E-state index is 3.97. The molecule has 0 amide bonds. The van der Waals surface area contributed by atoms with Crippen molar-refractivity contribution >= 4 is 23.5 Å². The molecule has 1 saturated carbocycles. The van der Waals surface area contributed by atoms with E-state index in [1.807, 2.05) is 0 Å². The molecule has 0 radical (unpaired) electrons. The van der Waals surface area contributed by atoms with Gasteiger partial charge in [0.2, 0.25) is 0 Å². The minimum absolute atomic E-state index is 0.532. The third kappa shape index (κ3) is 4.07.